The third kappa shape index (κ3) is 5.10. The number of amides is 1. The molecule has 0 bridgehead atoms. The van der Waals surface area contributed by atoms with Crippen molar-refractivity contribution in [2.24, 2.45) is 5.92 Å². The first kappa shape index (κ1) is 20.2. The lowest BCUT2D eigenvalue weighted by molar-refractivity contribution is -0.127. The van der Waals surface area contributed by atoms with Gasteiger partial charge in [0.25, 0.3) is 0 Å². The van der Waals surface area contributed by atoms with Crippen LogP contribution in [-0.2, 0) is 17.9 Å². The van der Waals surface area contributed by atoms with Crippen LogP contribution >= 0.6 is 0 Å². The molecule has 0 unspecified atom stereocenters. The highest BCUT2D eigenvalue weighted by Gasteiger charge is 2.26. The van der Waals surface area contributed by atoms with Gasteiger partial charge in [-0.3, -0.25) is 9.69 Å². The fraction of sp³-hybridized carbons (Fsp3) is 0.348. The van der Waals surface area contributed by atoms with Gasteiger partial charge in [-0.2, -0.15) is 4.98 Å². The zero-order valence-electron chi connectivity index (χ0n) is 17.0. The SMILES string of the molecule is Cc1ccc(-c2noc(CNC(=O)[C@@H]3CCCN(Cc4ccc(F)cc4)C3)n2)cc1. The van der Waals surface area contributed by atoms with Gasteiger partial charge in [-0.15, -0.1) is 0 Å². The molecule has 1 aromatic heterocycles. The lowest BCUT2D eigenvalue weighted by atomic mass is 9.96. The van der Waals surface area contributed by atoms with E-state index in [0.717, 1.165) is 36.1 Å². The van der Waals surface area contributed by atoms with Crippen LogP contribution in [0.4, 0.5) is 4.39 Å². The number of aryl methyl sites for hydroxylation is 1. The maximum absolute atomic E-state index is 13.1. The van der Waals surface area contributed by atoms with Crippen LogP contribution in [0, 0.1) is 18.7 Å². The van der Waals surface area contributed by atoms with Crippen molar-refractivity contribution < 1.29 is 13.7 Å². The number of likely N-dealkylation sites (tertiary alicyclic amines) is 1. The Morgan fingerprint density at radius 2 is 1.97 bits per heavy atom. The summed E-state index contributed by atoms with van der Waals surface area (Å²) in [5.41, 5.74) is 3.09. The molecule has 156 valence electrons. The topological polar surface area (TPSA) is 71.3 Å². The molecular formula is C23H25FN4O2. The normalized spacial score (nSPS) is 17.1. The van der Waals surface area contributed by atoms with Crippen molar-refractivity contribution in [3.8, 4) is 11.4 Å². The molecule has 2 heterocycles. The summed E-state index contributed by atoms with van der Waals surface area (Å²) in [5.74, 6) is 0.578. The number of hydrogen-bond acceptors (Lipinski definition) is 5. The van der Waals surface area contributed by atoms with E-state index in [1.807, 2.05) is 31.2 Å². The van der Waals surface area contributed by atoms with Gasteiger partial charge in [0.15, 0.2) is 0 Å². The molecule has 0 radical (unpaired) electrons. The highest BCUT2D eigenvalue weighted by atomic mass is 19.1. The van der Waals surface area contributed by atoms with E-state index < -0.39 is 0 Å². The Hall–Kier alpha value is -3.06. The number of halogens is 1. The summed E-state index contributed by atoms with van der Waals surface area (Å²) in [5, 5.41) is 6.92. The van der Waals surface area contributed by atoms with Crippen molar-refractivity contribution in [1.82, 2.24) is 20.4 Å². The molecule has 1 N–H and O–H groups in total. The average molecular weight is 408 g/mol. The van der Waals surface area contributed by atoms with Crippen LogP contribution in [0.1, 0.15) is 29.9 Å². The third-order valence-corrected chi connectivity index (χ3v) is 5.39. The van der Waals surface area contributed by atoms with E-state index in [1.165, 1.54) is 12.1 Å². The van der Waals surface area contributed by atoms with Gasteiger partial charge in [0, 0.05) is 18.7 Å². The van der Waals surface area contributed by atoms with Crippen LogP contribution in [-0.4, -0.2) is 34.0 Å². The standard InChI is InChI=1S/C23H25FN4O2/c1-16-4-8-18(9-5-16)22-26-21(30-27-22)13-25-23(29)19-3-2-12-28(15-19)14-17-6-10-20(24)11-7-17/h4-11,19H,2-3,12-15H2,1H3,(H,25,29)/t19-/m1/s1. The Balaban J connectivity index is 1.29. The molecule has 2 aromatic carbocycles. The average Bonchev–Trinajstić information content (AvgIpc) is 3.23. The summed E-state index contributed by atoms with van der Waals surface area (Å²) in [6, 6.07) is 14.4. The molecule has 1 aliphatic heterocycles. The molecule has 3 aromatic rings. The van der Waals surface area contributed by atoms with Crippen molar-refractivity contribution in [1.29, 1.82) is 0 Å². The summed E-state index contributed by atoms with van der Waals surface area (Å²) in [6.07, 6.45) is 1.81. The Labute approximate surface area is 175 Å². The van der Waals surface area contributed by atoms with Crippen LogP contribution in [0.25, 0.3) is 11.4 Å². The predicted molar refractivity (Wildman–Crippen MR) is 111 cm³/mol. The highest BCUT2D eigenvalue weighted by molar-refractivity contribution is 5.78. The molecular weight excluding hydrogens is 383 g/mol. The zero-order chi connectivity index (χ0) is 20.9. The Morgan fingerprint density at radius 3 is 2.73 bits per heavy atom. The van der Waals surface area contributed by atoms with Crippen molar-refractivity contribution in [2.45, 2.75) is 32.9 Å². The summed E-state index contributed by atoms with van der Waals surface area (Å²) in [7, 11) is 0. The predicted octanol–water partition coefficient (Wildman–Crippen LogP) is 3.71. The molecule has 4 rings (SSSR count). The minimum absolute atomic E-state index is 0.00566. The van der Waals surface area contributed by atoms with E-state index in [9.17, 15) is 9.18 Å². The first-order valence-corrected chi connectivity index (χ1v) is 10.2. The number of aromatic nitrogens is 2. The zero-order valence-corrected chi connectivity index (χ0v) is 17.0. The monoisotopic (exact) mass is 408 g/mol. The van der Waals surface area contributed by atoms with E-state index in [-0.39, 0.29) is 24.2 Å². The first-order chi connectivity index (χ1) is 14.6. The fourth-order valence-electron chi connectivity index (χ4n) is 3.71. The summed E-state index contributed by atoms with van der Waals surface area (Å²) < 4.78 is 18.4. The number of benzene rings is 2. The number of piperidine rings is 1. The van der Waals surface area contributed by atoms with E-state index in [2.05, 4.69) is 20.4 Å². The number of carbonyl (C=O) groups excluding carboxylic acids is 1. The van der Waals surface area contributed by atoms with Crippen LogP contribution in [0.5, 0.6) is 0 Å². The second kappa shape index (κ2) is 9.17. The molecule has 0 spiro atoms. The second-order valence-corrected chi connectivity index (χ2v) is 7.80. The van der Waals surface area contributed by atoms with Crippen molar-refractivity contribution in [2.75, 3.05) is 13.1 Å². The number of hydrogen-bond donors (Lipinski definition) is 1. The molecule has 1 amide bonds. The number of nitrogens with zero attached hydrogens (tertiary/aromatic N) is 3. The van der Waals surface area contributed by atoms with E-state index in [1.54, 1.807) is 12.1 Å². The Kier molecular flexibility index (Phi) is 6.18. The van der Waals surface area contributed by atoms with Gasteiger partial charge in [-0.25, -0.2) is 4.39 Å². The number of nitrogens with one attached hydrogen (secondary N) is 1. The lowest BCUT2D eigenvalue weighted by Crippen LogP contribution is -2.42. The van der Waals surface area contributed by atoms with Gasteiger partial charge in [-0.05, 0) is 44.0 Å². The van der Waals surface area contributed by atoms with Gasteiger partial charge in [0.1, 0.15) is 5.82 Å². The van der Waals surface area contributed by atoms with Gasteiger partial charge in [-0.1, -0.05) is 47.1 Å². The van der Waals surface area contributed by atoms with Crippen LogP contribution in [0.15, 0.2) is 53.1 Å². The minimum Gasteiger partial charge on any atom is -0.347 e. The number of rotatable bonds is 6. The molecule has 6 nitrogen and oxygen atoms in total. The van der Waals surface area contributed by atoms with Crippen molar-refractivity contribution in [3.05, 3.63) is 71.4 Å². The van der Waals surface area contributed by atoms with Gasteiger partial charge in [0.2, 0.25) is 17.6 Å². The Morgan fingerprint density at radius 1 is 1.20 bits per heavy atom. The molecule has 1 aliphatic rings. The smallest absolute Gasteiger partial charge is 0.246 e. The van der Waals surface area contributed by atoms with Crippen LogP contribution in [0.3, 0.4) is 0 Å². The molecule has 0 aliphatic carbocycles. The molecule has 1 fully saturated rings. The molecule has 0 saturated carbocycles. The largest absolute Gasteiger partial charge is 0.347 e. The van der Waals surface area contributed by atoms with Gasteiger partial charge < -0.3 is 9.84 Å². The maximum atomic E-state index is 13.1. The minimum atomic E-state index is -0.235. The fourth-order valence-corrected chi connectivity index (χ4v) is 3.71. The highest BCUT2D eigenvalue weighted by Crippen LogP contribution is 2.20. The molecule has 30 heavy (non-hydrogen) atoms. The van der Waals surface area contributed by atoms with Gasteiger partial charge >= 0.3 is 0 Å². The molecule has 1 saturated heterocycles. The summed E-state index contributed by atoms with van der Waals surface area (Å²) in [6.45, 7) is 4.57. The van der Waals surface area contributed by atoms with Crippen molar-refractivity contribution in [3.63, 3.8) is 0 Å². The van der Waals surface area contributed by atoms with Crippen molar-refractivity contribution >= 4 is 5.91 Å². The number of carbonyl (C=O) groups is 1. The lowest BCUT2D eigenvalue weighted by Gasteiger charge is -2.31. The van der Waals surface area contributed by atoms with Gasteiger partial charge in [0.05, 0.1) is 12.5 Å². The van der Waals surface area contributed by atoms with E-state index in [4.69, 9.17) is 4.52 Å². The maximum Gasteiger partial charge on any atom is 0.246 e. The van der Waals surface area contributed by atoms with E-state index in [0.29, 0.717) is 24.8 Å². The summed E-state index contributed by atoms with van der Waals surface area (Å²) in [4.78, 5) is 19.3. The Bertz CT molecular complexity index is 985. The quantitative estimate of drug-likeness (QED) is 0.673. The first-order valence-electron chi connectivity index (χ1n) is 10.2. The third-order valence-electron chi connectivity index (χ3n) is 5.39. The molecule has 1 atom stereocenters. The second-order valence-electron chi connectivity index (χ2n) is 7.80. The van der Waals surface area contributed by atoms with E-state index >= 15 is 0 Å². The summed E-state index contributed by atoms with van der Waals surface area (Å²) >= 11 is 0. The molecule has 7 heteroatoms. The van der Waals surface area contributed by atoms with Crippen LogP contribution < -0.4 is 5.32 Å². The van der Waals surface area contributed by atoms with Crippen LogP contribution in [0.2, 0.25) is 0 Å².